The van der Waals surface area contributed by atoms with Gasteiger partial charge < -0.3 is 5.73 Å². The molecule has 0 aliphatic heterocycles. The SMILES string of the molecule is CN(CC(F)F)C1CCCCCCC1N. The van der Waals surface area contributed by atoms with Crippen molar-refractivity contribution in [1.82, 2.24) is 4.90 Å². The van der Waals surface area contributed by atoms with E-state index in [1.807, 2.05) is 0 Å². The molecule has 1 aliphatic carbocycles. The van der Waals surface area contributed by atoms with E-state index in [4.69, 9.17) is 5.73 Å². The summed E-state index contributed by atoms with van der Waals surface area (Å²) < 4.78 is 24.5. The Hall–Kier alpha value is -0.220. The Morgan fingerprint density at radius 3 is 2.40 bits per heavy atom. The maximum atomic E-state index is 12.3. The van der Waals surface area contributed by atoms with Crippen molar-refractivity contribution in [3.05, 3.63) is 0 Å². The molecule has 15 heavy (non-hydrogen) atoms. The van der Waals surface area contributed by atoms with Gasteiger partial charge in [-0.1, -0.05) is 25.7 Å². The summed E-state index contributed by atoms with van der Waals surface area (Å²) in [6.45, 7) is -0.154. The number of hydrogen-bond donors (Lipinski definition) is 1. The summed E-state index contributed by atoms with van der Waals surface area (Å²) in [6, 6.07) is 0.202. The monoisotopic (exact) mass is 220 g/mol. The standard InChI is InChI=1S/C11H22F2N2/c1-15(8-11(12)13)10-7-5-3-2-4-6-9(10)14/h9-11H,2-8,14H2,1H3. The average molecular weight is 220 g/mol. The van der Waals surface area contributed by atoms with Crippen molar-refractivity contribution >= 4 is 0 Å². The second kappa shape index (κ2) is 6.38. The van der Waals surface area contributed by atoms with Crippen molar-refractivity contribution in [3.8, 4) is 0 Å². The van der Waals surface area contributed by atoms with Gasteiger partial charge in [0.2, 0.25) is 0 Å². The Labute approximate surface area is 90.8 Å². The van der Waals surface area contributed by atoms with Crippen LogP contribution in [-0.4, -0.2) is 37.0 Å². The minimum absolute atomic E-state index is 0.0639. The number of nitrogens with two attached hydrogens (primary N) is 1. The predicted octanol–water partition coefficient (Wildman–Crippen LogP) is 2.23. The van der Waals surface area contributed by atoms with Crippen LogP contribution in [0.1, 0.15) is 38.5 Å². The molecular weight excluding hydrogens is 198 g/mol. The minimum atomic E-state index is -2.26. The number of hydrogen-bond acceptors (Lipinski definition) is 2. The first-order chi connectivity index (χ1) is 7.11. The van der Waals surface area contributed by atoms with Gasteiger partial charge in [0.15, 0.2) is 0 Å². The third-order valence-electron chi connectivity index (χ3n) is 3.27. The molecule has 2 nitrogen and oxygen atoms in total. The second-order valence-electron chi connectivity index (χ2n) is 4.55. The third kappa shape index (κ3) is 4.43. The van der Waals surface area contributed by atoms with Crippen molar-refractivity contribution in [2.45, 2.75) is 57.0 Å². The molecule has 0 heterocycles. The van der Waals surface area contributed by atoms with Gasteiger partial charge in [-0.3, -0.25) is 4.90 Å². The number of alkyl halides is 2. The summed E-state index contributed by atoms with van der Waals surface area (Å²) in [6.07, 6.45) is 4.38. The Balaban J connectivity index is 2.46. The first kappa shape index (κ1) is 12.8. The molecular formula is C11H22F2N2. The van der Waals surface area contributed by atoms with Crippen molar-refractivity contribution in [2.75, 3.05) is 13.6 Å². The van der Waals surface area contributed by atoms with Gasteiger partial charge in [-0.15, -0.1) is 0 Å². The van der Waals surface area contributed by atoms with Crippen LogP contribution < -0.4 is 5.73 Å². The molecule has 1 fully saturated rings. The minimum Gasteiger partial charge on any atom is -0.326 e. The lowest BCUT2D eigenvalue weighted by Gasteiger charge is -2.34. The van der Waals surface area contributed by atoms with Crippen LogP contribution >= 0.6 is 0 Å². The van der Waals surface area contributed by atoms with Crippen LogP contribution in [0.2, 0.25) is 0 Å². The molecule has 0 radical (unpaired) electrons. The van der Waals surface area contributed by atoms with E-state index in [0.29, 0.717) is 0 Å². The van der Waals surface area contributed by atoms with E-state index < -0.39 is 6.43 Å². The zero-order valence-electron chi connectivity index (χ0n) is 9.46. The van der Waals surface area contributed by atoms with E-state index in [-0.39, 0.29) is 18.6 Å². The predicted molar refractivity (Wildman–Crippen MR) is 58.1 cm³/mol. The van der Waals surface area contributed by atoms with E-state index in [9.17, 15) is 8.78 Å². The van der Waals surface area contributed by atoms with E-state index in [1.165, 1.54) is 12.8 Å². The van der Waals surface area contributed by atoms with E-state index in [0.717, 1.165) is 25.7 Å². The molecule has 0 spiro atoms. The molecule has 90 valence electrons. The highest BCUT2D eigenvalue weighted by Gasteiger charge is 2.24. The Bertz CT molecular complexity index is 176. The van der Waals surface area contributed by atoms with Gasteiger partial charge in [-0.2, -0.15) is 0 Å². The summed E-state index contributed by atoms with van der Waals surface area (Å²) in [7, 11) is 1.76. The Morgan fingerprint density at radius 2 is 1.80 bits per heavy atom. The van der Waals surface area contributed by atoms with Crippen molar-refractivity contribution < 1.29 is 8.78 Å². The average Bonchev–Trinajstić information content (AvgIpc) is 2.10. The van der Waals surface area contributed by atoms with E-state index >= 15 is 0 Å². The largest absolute Gasteiger partial charge is 0.326 e. The van der Waals surface area contributed by atoms with Gasteiger partial charge in [0, 0.05) is 12.1 Å². The first-order valence-electron chi connectivity index (χ1n) is 5.85. The topological polar surface area (TPSA) is 29.3 Å². The van der Waals surface area contributed by atoms with E-state index in [2.05, 4.69) is 0 Å². The smallest absolute Gasteiger partial charge is 0.251 e. The molecule has 1 aliphatic rings. The molecule has 0 saturated heterocycles. The van der Waals surface area contributed by atoms with Gasteiger partial charge in [-0.05, 0) is 19.9 Å². The molecule has 0 aromatic carbocycles. The molecule has 4 heteroatoms. The molecule has 2 atom stereocenters. The number of likely N-dealkylation sites (N-methyl/N-ethyl adjacent to an activating group) is 1. The molecule has 0 aromatic rings. The fraction of sp³-hybridized carbons (Fsp3) is 1.00. The van der Waals surface area contributed by atoms with Crippen LogP contribution in [-0.2, 0) is 0 Å². The van der Waals surface area contributed by atoms with Gasteiger partial charge >= 0.3 is 0 Å². The summed E-state index contributed by atoms with van der Waals surface area (Å²) >= 11 is 0. The van der Waals surface area contributed by atoms with Crippen LogP contribution in [0.15, 0.2) is 0 Å². The number of nitrogens with zero attached hydrogens (tertiary/aromatic N) is 1. The molecule has 0 amide bonds. The lowest BCUT2D eigenvalue weighted by atomic mass is 9.92. The lowest BCUT2D eigenvalue weighted by molar-refractivity contribution is 0.0683. The highest BCUT2D eigenvalue weighted by molar-refractivity contribution is 4.82. The van der Waals surface area contributed by atoms with Crippen LogP contribution in [0.5, 0.6) is 0 Å². The van der Waals surface area contributed by atoms with Crippen LogP contribution in [0.4, 0.5) is 8.78 Å². The fourth-order valence-corrected chi connectivity index (χ4v) is 2.39. The summed E-state index contributed by atoms with van der Waals surface area (Å²) in [5, 5.41) is 0. The molecule has 2 N–H and O–H groups in total. The Morgan fingerprint density at radius 1 is 1.20 bits per heavy atom. The zero-order chi connectivity index (χ0) is 11.3. The molecule has 2 unspecified atom stereocenters. The summed E-state index contributed by atoms with van der Waals surface area (Å²) in [5.74, 6) is 0. The van der Waals surface area contributed by atoms with Crippen molar-refractivity contribution in [3.63, 3.8) is 0 Å². The first-order valence-corrected chi connectivity index (χ1v) is 5.85. The molecule has 1 rings (SSSR count). The van der Waals surface area contributed by atoms with Crippen LogP contribution in [0.25, 0.3) is 0 Å². The third-order valence-corrected chi connectivity index (χ3v) is 3.27. The Kier molecular flexibility index (Phi) is 5.47. The summed E-state index contributed by atoms with van der Waals surface area (Å²) in [4.78, 5) is 1.74. The van der Waals surface area contributed by atoms with Gasteiger partial charge in [-0.25, -0.2) is 8.78 Å². The van der Waals surface area contributed by atoms with Crippen LogP contribution in [0, 0.1) is 0 Å². The maximum Gasteiger partial charge on any atom is 0.251 e. The van der Waals surface area contributed by atoms with Gasteiger partial charge in [0.05, 0.1) is 6.54 Å². The fourth-order valence-electron chi connectivity index (χ4n) is 2.39. The quantitative estimate of drug-likeness (QED) is 0.790. The van der Waals surface area contributed by atoms with Crippen molar-refractivity contribution in [2.24, 2.45) is 5.73 Å². The highest BCUT2D eigenvalue weighted by atomic mass is 19.3. The number of rotatable bonds is 3. The summed E-state index contributed by atoms with van der Waals surface area (Å²) in [5.41, 5.74) is 6.04. The normalized spacial score (nSPS) is 29.2. The maximum absolute atomic E-state index is 12.3. The second-order valence-corrected chi connectivity index (χ2v) is 4.55. The zero-order valence-corrected chi connectivity index (χ0v) is 9.46. The molecule has 0 aromatic heterocycles. The number of halogens is 2. The van der Waals surface area contributed by atoms with Crippen molar-refractivity contribution in [1.29, 1.82) is 0 Å². The van der Waals surface area contributed by atoms with Gasteiger partial charge in [0.25, 0.3) is 6.43 Å². The molecule has 0 bridgehead atoms. The van der Waals surface area contributed by atoms with Crippen LogP contribution in [0.3, 0.4) is 0 Å². The van der Waals surface area contributed by atoms with E-state index in [1.54, 1.807) is 11.9 Å². The van der Waals surface area contributed by atoms with Gasteiger partial charge in [0.1, 0.15) is 0 Å². The molecule has 1 saturated carbocycles. The highest BCUT2D eigenvalue weighted by Crippen LogP contribution is 2.20. The lowest BCUT2D eigenvalue weighted by Crippen LogP contribution is -2.48.